The van der Waals surface area contributed by atoms with Crippen LogP contribution < -0.4 is 10.6 Å². The van der Waals surface area contributed by atoms with Crippen LogP contribution in [-0.2, 0) is 22.5 Å². The molecule has 0 atom stereocenters. The zero-order valence-corrected chi connectivity index (χ0v) is 17.1. The first kappa shape index (κ1) is 19.8. The molecule has 2 N–H and O–H groups in total. The molecule has 1 fully saturated rings. The topological polar surface area (TPSA) is 53.6 Å². The van der Waals surface area contributed by atoms with E-state index in [1.165, 1.54) is 12.0 Å². The Morgan fingerprint density at radius 3 is 2.63 bits per heavy atom. The molecule has 2 heterocycles. The number of nitrogens with one attached hydrogen (secondary N) is 2. The molecule has 0 radical (unpaired) electrons. The van der Waals surface area contributed by atoms with Crippen molar-refractivity contribution in [2.75, 3.05) is 25.5 Å². The number of esters is 1. The molecule has 0 saturated carbocycles. The Hall–Kier alpha value is -1.96. The van der Waals surface area contributed by atoms with Crippen LogP contribution in [0, 0.1) is 0 Å². The van der Waals surface area contributed by atoms with Gasteiger partial charge in [0.15, 0.2) is 5.11 Å². The lowest BCUT2D eigenvalue weighted by Crippen LogP contribution is -2.45. The number of rotatable bonds is 6. The van der Waals surface area contributed by atoms with Crippen LogP contribution in [0.4, 0.5) is 5.69 Å². The number of hydrogen-bond donors (Lipinski definition) is 2. The van der Waals surface area contributed by atoms with Gasteiger partial charge in [0, 0.05) is 36.2 Å². The van der Waals surface area contributed by atoms with Crippen LogP contribution in [0.2, 0.25) is 0 Å². The molecule has 144 valence electrons. The first-order valence-electron chi connectivity index (χ1n) is 9.10. The number of methoxy groups -OCH3 is 1. The second-order valence-corrected chi connectivity index (χ2v) is 8.12. The van der Waals surface area contributed by atoms with Gasteiger partial charge in [-0.2, -0.15) is 0 Å². The molecule has 3 rings (SSSR count). The number of ether oxygens (including phenoxy) is 1. The molecule has 0 amide bonds. The van der Waals surface area contributed by atoms with Gasteiger partial charge in [0.05, 0.1) is 13.5 Å². The van der Waals surface area contributed by atoms with E-state index in [9.17, 15) is 4.79 Å². The summed E-state index contributed by atoms with van der Waals surface area (Å²) in [4.78, 5) is 15.2. The van der Waals surface area contributed by atoms with E-state index >= 15 is 0 Å². The Balaban J connectivity index is 1.40. The van der Waals surface area contributed by atoms with Crippen molar-refractivity contribution >= 4 is 40.3 Å². The summed E-state index contributed by atoms with van der Waals surface area (Å²) in [6.45, 7) is 3.21. The van der Waals surface area contributed by atoms with Crippen molar-refractivity contribution < 1.29 is 9.53 Å². The Kier molecular flexibility index (Phi) is 7.20. The molecule has 27 heavy (non-hydrogen) atoms. The van der Waals surface area contributed by atoms with Crippen molar-refractivity contribution in [2.24, 2.45) is 0 Å². The van der Waals surface area contributed by atoms with Gasteiger partial charge < -0.3 is 15.4 Å². The van der Waals surface area contributed by atoms with E-state index < -0.39 is 0 Å². The average Bonchev–Trinajstić information content (AvgIpc) is 3.18. The van der Waals surface area contributed by atoms with E-state index in [4.69, 9.17) is 12.2 Å². The SMILES string of the molecule is COC(=O)Cc1ccc(NC(=S)NC2CCN(Cc3cccs3)CC2)cc1. The maximum atomic E-state index is 11.3. The van der Waals surface area contributed by atoms with E-state index in [1.807, 2.05) is 35.6 Å². The van der Waals surface area contributed by atoms with Crippen LogP contribution in [0.5, 0.6) is 0 Å². The zero-order chi connectivity index (χ0) is 19.1. The average molecular weight is 404 g/mol. The summed E-state index contributed by atoms with van der Waals surface area (Å²) in [5.41, 5.74) is 1.83. The molecule has 1 aliphatic heterocycles. The summed E-state index contributed by atoms with van der Waals surface area (Å²) in [5.74, 6) is -0.238. The highest BCUT2D eigenvalue weighted by atomic mass is 32.1. The third kappa shape index (κ3) is 6.30. The van der Waals surface area contributed by atoms with Gasteiger partial charge in [-0.15, -0.1) is 11.3 Å². The van der Waals surface area contributed by atoms with E-state index in [0.29, 0.717) is 11.2 Å². The van der Waals surface area contributed by atoms with Crippen LogP contribution in [0.3, 0.4) is 0 Å². The lowest BCUT2D eigenvalue weighted by molar-refractivity contribution is -0.139. The highest BCUT2D eigenvalue weighted by molar-refractivity contribution is 7.80. The third-order valence-corrected chi connectivity index (χ3v) is 5.75. The molecule has 0 unspecified atom stereocenters. The lowest BCUT2D eigenvalue weighted by atomic mass is 10.1. The molecule has 1 aliphatic rings. The minimum Gasteiger partial charge on any atom is -0.469 e. The molecule has 7 heteroatoms. The predicted octanol–water partition coefficient (Wildman–Crippen LogP) is 3.41. The molecule has 1 aromatic carbocycles. The molecular formula is C20H25N3O2S2. The molecule has 5 nitrogen and oxygen atoms in total. The summed E-state index contributed by atoms with van der Waals surface area (Å²) in [7, 11) is 1.40. The fraction of sp³-hybridized carbons (Fsp3) is 0.400. The van der Waals surface area contributed by atoms with Crippen LogP contribution in [0.15, 0.2) is 41.8 Å². The molecule has 0 bridgehead atoms. The maximum Gasteiger partial charge on any atom is 0.309 e. The minimum absolute atomic E-state index is 0.238. The standard InChI is InChI=1S/C20H25N3O2S2/c1-25-19(24)13-15-4-6-16(7-5-15)21-20(26)22-17-8-10-23(11-9-17)14-18-3-2-12-27-18/h2-7,12,17H,8-11,13-14H2,1H3,(H2,21,22,26). The van der Waals surface area contributed by atoms with E-state index in [2.05, 4.69) is 37.8 Å². The summed E-state index contributed by atoms with van der Waals surface area (Å²) >= 11 is 7.27. The Bertz CT molecular complexity index is 739. The second kappa shape index (κ2) is 9.82. The summed E-state index contributed by atoms with van der Waals surface area (Å²) in [5, 5.41) is 9.43. The molecule has 2 aromatic rings. The largest absolute Gasteiger partial charge is 0.469 e. The second-order valence-electron chi connectivity index (χ2n) is 6.68. The van der Waals surface area contributed by atoms with Gasteiger partial charge >= 0.3 is 5.97 Å². The van der Waals surface area contributed by atoms with Crippen LogP contribution in [-0.4, -0.2) is 42.2 Å². The van der Waals surface area contributed by atoms with Gasteiger partial charge in [0.25, 0.3) is 0 Å². The van der Waals surface area contributed by atoms with Gasteiger partial charge in [-0.3, -0.25) is 9.69 Å². The Morgan fingerprint density at radius 1 is 1.26 bits per heavy atom. The van der Waals surface area contributed by atoms with E-state index in [1.54, 1.807) is 0 Å². The van der Waals surface area contributed by atoms with Crippen LogP contribution in [0.25, 0.3) is 0 Å². The lowest BCUT2D eigenvalue weighted by Gasteiger charge is -2.32. The van der Waals surface area contributed by atoms with Crippen molar-refractivity contribution in [1.29, 1.82) is 0 Å². The van der Waals surface area contributed by atoms with Crippen LogP contribution in [0.1, 0.15) is 23.3 Å². The number of hydrogen-bond acceptors (Lipinski definition) is 5. The first-order valence-corrected chi connectivity index (χ1v) is 10.4. The first-order chi connectivity index (χ1) is 13.1. The fourth-order valence-electron chi connectivity index (χ4n) is 3.16. The Morgan fingerprint density at radius 2 is 2.00 bits per heavy atom. The zero-order valence-electron chi connectivity index (χ0n) is 15.4. The molecule has 0 aliphatic carbocycles. The number of anilines is 1. The van der Waals surface area contributed by atoms with Gasteiger partial charge in [0.2, 0.25) is 0 Å². The van der Waals surface area contributed by atoms with Crippen molar-refractivity contribution in [2.45, 2.75) is 31.8 Å². The van der Waals surface area contributed by atoms with E-state index in [0.717, 1.165) is 43.7 Å². The fourth-order valence-corrected chi connectivity index (χ4v) is 4.19. The van der Waals surface area contributed by atoms with Gasteiger partial charge in [-0.25, -0.2) is 0 Å². The summed E-state index contributed by atoms with van der Waals surface area (Å²) in [6, 6.07) is 12.4. The predicted molar refractivity (Wildman–Crippen MR) is 114 cm³/mol. The number of piperidine rings is 1. The molecule has 1 aromatic heterocycles. The van der Waals surface area contributed by atoms with Crippen molar-refractivity contribution in [1.82, 2.24) is 10.2 Å². The van der Waals surface area contributed by atoms with Crippen molar-refractivity contribution in [3.8, 4) is 0 Å². The molecule has 1 saturated heterocycles. The summed E-state index contributed by atoms with van der Waals surface area (Å²) in [6.07, 6.45) is 2.46. The highest BCUT2D eigenvalue weighted by Gasteiger charge is 2.20. The number of thiocarbonyl (C=S) groups is 1. The summed E-state index contributed by atoms with van der Waals surface area (Å²) < 4.78 is 4.68. The van der Waals surface area contributed by atoms with E-state index in [-0.39, 0.29) is 12.4 Å². The highest BCUT2D eigenvalue weighted by Crippen LogP contribution is 2.17. The van der Waals surface area contributed by atoms with Crippen molar-refractivity contribution in [3.63, 3.8) is 0 Å². The quantitative estimate of drug-likeness (QED) is 0.569. The number of carbonyl (C=O) groups excluding carboxylic acids is 1. The monoisotopic (exact) mass is 403 g/mol. The minimum atomic E-state index is -0.238. The normalized spacial score (nSPS) is 15.3. The maximum absolute atomic E-state index is 11.3. The molecule has 0 spiro atoms. The third-order valence-electron chi connectivity index (χ3n) is 4.67. The van der Waals surface area contributed by atoms with Crippen molar-refractivity contribution in [3.05, 3.63) is 52.2 Å². The van der Waals surface area contributed by atoms with Gasteiger partial charge in [-0.05, 0) is 54.2 Å². The Labute approximate surface area is 169 Å². The number of nitrogens with zero attached hydrogens (tertiary/aromatic N) is 1. The molecular weight excluding hydrogens is 378 g/mol. The van der Waals surface area contributed by atoms with Gasteiger partial charge in [0.1, 0.15) is 0 Å². The number of carbonyl (C=O) groups is 1. The number of thiophene rings is 1. The smallest absolute Gasteiger partial charge is 0.309 e. The number of benzene rings is 1. The number of likely N-dealkylation sites (tertiary alicyclic amines) is 1. The van der Waals surface area contributed by atoms with Crippen LogP contribution >= 0.6 is 23.6 Å². The van der Waals surface area contributed by atoms with Gasteiger partial charge in [-0.1, -0.05) is 18.2 Å².